The Morgan fingerprint density at radius 2 is 1.90 bits per heavy atom. The molecule has 41 heavy (non-hydrogen) atoms. The van der Waals surface area contributed by atoms with Crippen molar-refractivity contribution in [1.29, 1.82) is 0 Å². The predicted molar refractivity (Wildman–Crippen MR) is 154 cm³/mol. The van der Waals surface area contributed by atoms with E-state index in [0.29, 0.717) is 42.7 Å². The maximum Gasteiger partial charge on any atom is 0.337 e. The van der Waals surface area contributed by atoms with Gasteiger partial charge in [0.1, 0.15) is 0 Å². The molecular formula is C30H28N8O3. The van der Waals surface area contributed by atoms with E-state index in [4.69, 9.17) is 4.74 Å². The molecule has 1 N–H and O–H groups in total. The van der Waals surface area contributed by atoms with Gasteiger partial charge in [0.2, 0.25) is 0 Å². The second kappa shape index (κ2) is 10.8. The molecule has 11 heteroatoms. The van der Waals surface area contributed by atoms with Gasteiger partial charge in [-0.2, -0.15) is 10.1 Å². The van der Waals surface area contributed by atoms with Crippen molar-refractivity contribution in [3.63, 3.8) is 0 Å². The number of rotatable bonds is 9. The number of nitrogens with zero attached hydrogens (tertiary/aromatic N) is 8. The molecule has 0 bridgehead atoms. The lowest BCUT2D eigenvalue weighted by atomic mass is 9.97. The van der Waals surface area contributed by atoms with Crippen LogP contribution in [-0.4, -0.2) is 54.7 Å². The molecule has 0 aliphatic carbocycles. The lowest BCUT2D eigenvalue weighted by Gasteiger charge is -2.13. The first-order chi connectivity index (χ1) is 19.9. The Morgan fingerprint density at radius 1 is 1.07 bits per heavy atom. The van der Waals surface area contributed by atoms with Crippen molar-refractivity contribution >= 4 is 22.8 Å². The lowest BCUT2D eigenvalue weighted by Crippen LogP contribution is -2.08. The number of amidine groups is 1. The zero-order valence-corrected chi connectivity index (χ0v) is 22.9. The maximum atomic E-state index is 12.0. The van der Waals surface area contributed by atoms with Crippen molar-refractivity contribution in [2.24, 2.45) is 15.2 Å². The molecule has 1 aliphatic heterocycles. The summed E-state index contributed by atoms with van der Waals surface area (Å²) in [5, 5.41) is 26.7. The van der Waals surface area contributed by atoms with Gasteiger partial charge in [-0.15, -0.1) is 10.2 Å². The Kier molecular flexibility index (Phi) is 6.84. The number of benzene rings is 3. The number of hydrogen-bond acceptors (Lipinski definition) is 8. The SMILES string of the molecule is CCOc1nc2cccc(C(=O)O)c2n1Cc1ccc(-c2cc(-n3cc(C(C)C)nn3)ccc2C2=NCN=N2)cc1. The molecule has 0 amide bonds. The zero-order valence-electron chi connectivity index (χ0n) is 22.9. The fraction of sp³-hybridized carbons (Fsp3) is 0.233. The van der Waals surface area contributed by atoms with Crippen LogP contribution in [-0.2, 0) is 6.54 Å². The number of aliphatic imine (C=N–C) groups is 1. The van der Waals surface area contributed by atoms with E-state index in [-0.39, 0.29) is 11.5 Å². The van der Waals surface area contributed by atoms with E-state index in [1.807, 2.05) is 54.1 Å². The van der Waals surface area contributed by atoms with Gasteiger partial charge in [0.05, 0.1) is 47.3 Å². The molecule has 6 rings (SSSR count). The van der Waals surface area contributed by atoms with E-state index >= 15 is 0 Å². The molecule has 0 unspecified atom stereocenters. The Labute approximate surface area is 235 Å². The molecule has 3 aromatic carbocycles. The maximum absolute atomic E-state index is 12.0. The number of hydrogen-bond donors (Lipinski definition) is 1. The summed E-state index contributed by atoms with van der Waals surface area (Å²) in [5.41, 5.74) is 6.80. The number of carboxylic acid groups (broad SMARTS) is 1. The highest BCUT2D eigenvalue weighted by Crippen LogP contribution is 2.31. The van der Waals surface area contributed by atoms with Gasteiger partial charge in [-0.05, 0) is 59.9 Å². The summed E-state index contributed by atoms with van der Waals surface area (Å²) in [6, 6.07) is 19.5. The zero-order chi connectivity index (χ0) is 28.5. The minimum atomic E-state index is -1.01. The van der Waals surface area contributed by atoms with Crippen molar-refractivity contribution in [1.82, 2.24) is 24.5 Å². The number of aromatic carboxylic acids is 1. The molecule has 0 saturated carbocycles. The smallest absolute Gasteiger partial charge is 0.337 e. The number of ether oxygens (including phenoxy) is 1. The summed E-state index contributed by atoms with van der Waals surface area (Å²) < 4.78 is 9.37. The van der Waals surface area contributed by atoms with Gasteiger partial charge in [0.25, 0.3) is 6.01 Å². The van der Waals surface area contributed by atoms with Crippen LogP contribution in [0.25, 0.3) is 27.8 Å². The first-order valence-electron chi connectivity index (χ1n) is 13.4. The van der Waals surface area contributed by atoms with Gasteiger partial charge in [0, 0.05) is 5.56 Å². The monoisotopic (exact) mass is 548 g/mol. The molecule has 0 fully saturated rings. The van der Waals surface area contributed by atoms with Crippen LogP contribution in [0.4, 0.5) is 0 Å². The minimum absolute atomic E-state index is 0.180. The summed E-state index contributed by atoms with van der Waals surface area (Å²) in [6.45, 7) is 7.16. The van der Waals surface area contributed by atoms with E-state index in [2.05, 4.69) is 50.4 Å². The Hall–Kier alpha value is -5.19. The molecule has 206 valence electrons. The van der Waals surface area contributed by atoms with Crippen LogP contribution in [0.15, 0.2) is 82.1 Å². The number of para-hydroxylation sites is 1. The first kappa shape index (κ1) is 26.1. The Bertz CT molecular complexity index is 1820. The van der Waals surface area contributed by atoms with Crippen LogP contribution in [0.5, 0.6) is 6.01 Å². The minimum Gasteiger partial charge on any atom is -0.478 e. The van der Waals surface area contributed by atoms with Gasteiger partial charge in [-0.1, -0.05) is 49.4 Å². The average molecular weight is 549 g/mol. The van der Waals surface area contributed by atoms with E-state index in [9.17, 15) is 9.90 Å². The van der Waals surface area contributed by atoms with Crippen molar-refractivity contribution in [2.75, 3.05) is 13.3 Å². The predicted octanol–water partition coefficient (Wildman–Crippen LogP) is 5.72. The van der Waals surface area contributed by atoms with E-state index in [1.54, 1.807) is 22.9 Å². The molecule has 0 radical (unpaired) electrons. The lowest BCUT2D eigenvalue weighted by molar-refractivity contribution is 0.0698. The molecule has 2 aromatic heterocycles. The molecule has 5 aromatic rings. The van der Waals surface area contributed by atoms with Gasteiger partial charge < -0.3 is 9.84 Å². The van der Waals surface area contributed by atoms with Gasteiger partial charge in [-0.25, -0.2) is 14.5 Å². The van der Waals surface area contributed by atoms with E-state index in [0.717, 1.165) is 33.6 Å². The fourth-order valence-electron chi connectivity index (χ4n) is 4.84. The summed E-state index contributed by atoms with van der Waals surface area (Å²) in [7, 11) is 0. The topological polar surface area (TPSA) is 132 Å². The molecule has 3 heterocycles. The van der Waals surface area contributed by atoms with Crippen molar-refractivity contribution < 1.29 is 14.6 Å². The third-order valence-corrected chi connectivity index (χ3v) is 6.90. The van der Waals surface area contributed by atoms with Crippen LogP contribution in [0, 0.1) is 0 Å². The van der Waals surface area contributed by atoms with E-state index < -0.39 is 5.97 Å². The van der Waals surface area contributed by atoms with Crippen molar-refractivity contribution in [3.05, 3.63) is 89.2 Å². The largest absolute Gasteiger partial charge is 0.478 e. The van der Waals surface area contributed by atoms with Crippen LogP contribution < -0.4 is 4.74 Å². The number of carbonyl (C=O) groups is 1. The van der Waals surface area contributed by atoms with Gasteiger partial charge in [0.15, 0.2) is 12.5 Å². The van der Waals surface area contributed by atoms with Crippen LogP contribution in [0.1, 0.15) is 53.9 Å². The third kappa shape index (κ3) is 4.97. The molecule has 0 saturated heterocycles. The molecule has 1 aliphatic rings. The van der Waals surface area contributed by atoms with Crippen LogP contribution in [0.2, 0.25) is 0 Å². The standard InChI is InChI=1S/C30H28N8O3/c1-4-41-30-33-25-7-5-6-23(29(39)40)27(25)37(30)15-19-8-10-20(11-9-19)24-14-21(38-16-26(18(2)3)34-36-38)12-13-22(24)28-31-17-32-35-28/h5-14,16,18H,4,15,17H2,1-3H3,(H,39,40). The summed E-state index contributed by atoms with van der Waals surface area (Å²) in [6.07, 6.45) is 1.94. The highest BCUT2D eigenvalue weighted by atomic mass is 16.5. The highest BCUT2D eigenvalue weighted by Gasteiger charge is 2.20. The molecule has 0 atom stereocenters. The second-order valence-electron chi connectivity index (χ2n) is 9.93. The first-order valence-corrected chi connectivity index (χ1v) is 13.4. The summed E-state index contributed by atoms with van der Waals surface area (Å²) in [5.74, 6) is -0.155. The number of fused-ring (bicyclic) bond motifs is 1. The number of carboxylic acids is 1. The molecule has 11 nitrogen and oxygen atoms in total. The van der Waals surface area contributed by atoms with Crippen molar-refractivity contribution in [3.8, 4) is 22.8 Å². The quantitative estimate of drug-likeness (QED) is 0.250. The fourth-order valence-corrected chi connectivity index (χ4v) is 4.84. The number of azo groups is 1. The van der Waals surface area contributed by atoms with Gasteiger partial charge >= 0.3 is 5.97 Å². The average Bonchev–Trinajstić information content (AvgIpc) is 3.74. The van der Waals surface area contributed by atoms with Crippen molar-refractivity contribution in [2.45, 2.75) is 33.2 Å². The molecule has 0 spiro atoms. The number of aromatic nitrogens is 5. The Morgan fingerprint density at radius 3 is 2.59 bits per heavy atom. The van der Waals surface area contributed by atoms with Crippen LogP contribution >= 0.6 is 0 Å². The second-order valence-corrected chi connectivity index (χ2v) is 9.93. The Balaban J connectivity index is 1.39. The van der Waals surface area contributed by atoms with Crippen LogP contribution in [0.3, 0.4) is 0 Å². The highest BCUT2D eigenvalue weighted by molar-refractivity contribution is 6.05. The van der Waals surface area contributed by atoms with Gasteiger partial charge in [-0.3, -0.25) is 4.57 Å². The normalized spacial score (nSPS) is 12.8. The van der Waals surface area contributed by atoms with E-state index in [1.165, 1.54) is 0 Å². The molecular weight excluding hydrogens is 520 g/mol. The number of imidazole rings is 1. The third-order valence-electron chi connectivity index (χ3n) is 6.90. The summed E-state index contributed by atoms with van der Waals surface area (Å²) in [4.78, 5) is 21.0. The summed E-state index contributed by atoms with van der Waals surface area (Å²) >= 11 is 0.